The summed E-state index contributed by atoms with van der Waals surface area (Å²) >= 11 is 0. The molecule has 0 heterocycles. The first kappa shape index (κ1) is 17.3. The van der Waals surface area contributed by atoms with Crippen molar-refractivity contribution in [2.24, 2.45) is 11.7 Å². The highest BCUT2D eigenvalue weighted by molar-refractivity contribution is 7.84. The zero-order valence-corrected chi connectivity index (χ0v) is 12.4. The molecule has 3 atom stereocenters. The molecule has 0 aromatic rings. The normalized spacial score (nSPS) is 15.8. The van der Waals surface area contributed by atoms with E-state index in [2.05, 4.69) is 18.2 Å². The van der Waals surface area contributed by atoms with Crippen LogP contribution in [0.1, 0.15) is 32.6 Å². The molecule has 0 radical (unpaired) electrons. The minimum absolute atomic E-state index is 0.101. The number of carbonyl (C=O) groups is 1. The molecular weight excluding hydrogens is 250 g/mol. The van der Waals surface area contributed by atoms with E-state index in [0.717, 1.165) is 31.3 Å². The van der Waals surface area contributed by atoms with E-state index in [1.165, 1.54) is 7.11 Å². The van der Waals surface area contributed by atoms with Gasteiger partial charge in [-0.3, -0.25) is 9.00 Å². The van der Waals surface area contributed by atoms with Crippen molar-refractivity contribution < 1.29 is 13.7 Å². The van der Waals surface area contributed by atoms with Crippen LogP contribution in [0, 0.1) is 5.92 Å². The number of hydrogen-bond donors (Lipinski definition) is 1. The Balaban J connectivity index is 4.31. The van der Waals surface area contributed by atoms with E-state index >= 15 is 0 Å². The molecule has 0 aliphatic heterocycles. The zero-order chi connectivity index (χ0) is 14.1. The number of methoxy groups -OCH3 is 1. The molecule has 0 bridgehead atoms. The fraction of sp³-hybridized carbons (Fsp3) is 0.769. The number of nitrogens with two attached hydrogens (primary N) is 1. The van der Waals surface area contributed by atoms with E-state index in [4.69, 9.17) is 5.73 Å². The largest absolute Gasteiger partial charge is 0.468 e. The van der Waals surface area contributed by atoms with E-state index in [-0.39, 0.29) is 11.9 Å². The molecule has 0 saturated carbocycles. The summed E-state index contributed by atoms with van der Waals surface area (Å²) < 4.78 is 15.7. The second-order valence-electron chi connectivity index (χ2n) is 4.60. The van der Waals surface area contributed by atoms with Crippen molar-refractivity contribution in [2.75, 3.05) is 19.1 Å². The van der Waals surface area contributed by atoms with Crippen molar-refractivity contribution in [3.05, 3.63) is 12.2 Å². The summed E-state index contributed by atoms with van der Waals surface area (Å²) in [6, 6.07) is -0.574. The Labute approximate surface area is 112 Å². The van der Waals surface area contributed by atoms with Crippen molar-refractivity contribution in [1.82, 2.24) is 0 Å². The lowest BCUT2D eigenvalue weighted by Crippen LogP contribution is -2.39. The van der Waals surface area contributed by atoms with Crippen LogP contribution in [0.3, 0.4) is 0 Å². The van der Waals surface area contributed by atoms with Gasteiger partial charge in [-0.15, -0.1) is 0 Å². The van der Waals surface area contributed by atoms with Crippen LogP contribution in [0.5, 0.6) is 0 Å². The van der Waals surface area contributed by atoms with Gasteiger partial charge < -0.3 is 10.5 Å². The van der Waals surface area contributed by atoms with Crippen molar-refractivity contribution in [2.45, 2.75) is 38.6 Å². The van der Waals surface area contributed by atoms with Gasteiger partial charge in [-0.05, 0) is 25.2 Å². The zero-order valence-electron chi connectivity index (χ0n) is 11.6. The van der Waals surface area contributed by atoms with Gasteiger partial charge in [-0.2, -0.15) is 0 Å². The summed E-state index contributed by atoms with van der Waals surface area (Å²) in [7, 11) is 0.494. The highest BCUT2D eigenvalue weighted by Crippen LogP contribution is 2.20. The summed E-state index contributed by atoms with van der Waals surface area (Å²) in [6.07, 6.45) is 5.07. The minimum Gasteiger partial charge on any atom is -0.468 e. The van der Waals surface area contributed by atoms with E-state index in [1.807, 2.05) is 0 Å². The van der Waals surface area contributed by atoms with Gasteiger partial charge in [-0.1, -0.05) is 25.5 Å². The van der Waals surface area contributed by atoms with Crippen LogP contribution in [-0.2, 0) is 20.3 Å². The monoisotopic (exact) mass is 275 g/mol. The molecule has 2 N–H and O–H groups in total. The van der Waals surface area contributed by atoms with Crippen LogP contribution in [-0.4, -0.2) is 35.3 Å². The van der Waals surface area contributed by atoms with Crippen molar-refractivity contribution >= 4 is 16.8 Å². The van der Waals surface area contributed by atoms with Gasteiger partial charge in [0, 0.05) is 22.8 Å². The number of carbonyl (C=O) groups excluding carboxylic acids is 1. The third kappa shape index (κ3) is 6.91. The summed E-state index contributed by atoms with van der Waals surface area (Å²) in [5, 5.41) is 0. The highest BCUT2D eigenvalue weighted by atomic mass is 32.2. The lowest BCUT2D eigenvalue weighted by atomic mass is 9.89. The fourth-order valence-corrected chi connectivity index (χ4v) is 2.67. The minimum atomic E-state index is -0.858. The first-order chi connectivity index (χ1) is 8.42. The van der Waals surface area contributed by atoms with E-state index in [1.54, 1.807) is 6.26 Å². The van der Waals surface area contributed by atoms with Crippen LogP contribution < -0.4 is 5.73 Å². The smallest absolute Gasteiger partial charge is 0.322 e. The van der Waals surface area contributed by atoms with Crippen LogP contribution in [0.25, 0.3) is 0 Å². The molecule has 0 aliphatic rings. The molecule has 0 fully saturated rings. The predicted octanol–water partition coefficient (Wildman–Crippen LogP) is 1.62. The van der Waals surface area contributed by atoms with Crippen molar-refractivity contribution in [3.63, 3.8) is 0 Å². The second-order valence-corrected chi connectivity index (χ2v) is 6.04. The van der Waals surface area contributed by atoms with Gasteiger partial charge in [0.1, 0.15) is 6.04 Å². The standard InChI is InChI=1S/C13H25NO3S/c1-5-6-11(12(14)13(15)17-3)8-7-10(2)9-18(4)16/h11-12H,2,5-9,14H2,1,3-4H3. The lowest BCUT2D eigenvalue weighted by molar-refractivity contribution is -0.143. The molecular formula is C13H25NO3S. The number of hydrogen-bond acceptors (Lipinski definition) is 4. The van der Waals surface area contributed by atoms with Crippen molar-refractivity contribution in [3.8, 4) is 0 Å². The quantitative estimate of drug-likeness (QED) is 0.513. The van der Waals surface area contributed by atoms with Crippen LogP contribution in [0.2, 0.25) is 0 Å². The van der Waals surface area contributed by atoms with Gasteiger partial charge in [0.15, 0.2) is 0 Å². The van der Waals surface area contributed by atoms with Gasteiger partial charge in [0.2, 0.25) is 0 Å². The molecule has 18 heavy (non-hydrogen) atoms. The van der Waals surface area contributed by atoms with Gasteiger partial charge in [0.05, 0.1) is 7.11 Å². The molecule has 0 amide bonds. The van der Waals surface area contributed by atoms with Gasteiger partial charge in [0.25, 0.3) is 0 Å². The average Bonchev–Trinajstić information content (AvgIpc) is 2.31. The maximum absolute atomic E-state index is 11.4. The fourth-order valence-electron chi connectivity index (χ4n) is 1.95. The Kier molecular flexibility index (Phi) is 8.93. The molecule has 0 aliphatic carbocycles. The molecule has 0 aromatic carbocycles. The Morgan fingerprint density at radius 1 is 1.44 bits per heavy atom. The molecule has 0 aromatic heterocycles. The maximum Gasteiger partial charge on any atom is 0.322 e. The van der Waals surface area contributed by atoms with E-state index in [9.17, 15) is 9.00 Å². The SMILES string of the molecule is C=C(CCC(CCC)C(N)C(=O)OC)CS(C)=O. The second kappa shape index (κ2) is 9.28. The molecule has 4 nitrogen and oxygen atoms in total. The molecule has 0 rings (SSSR count). The van der Waals surface area contributed by atoms with Crippen LogP contribution >= 0.6 is 0 Å². The van der Waals surface area contributed by atoms with E-state index < -0.39 is 16.8 Å². The summed E-state index contributed by atoms with van der Waals surface area (Å²) in [4.78, 5) is 11.4. The van der Waals surface area contributed by atoms with Crippen LogP contribution in [0.4, 0.5) is 0 Å². The lowest BCUT2D eigenvalue weighted by Gasteiger charge is -2.21. The molecule has 106 valence electrons. The predicted molar refractivity (Wildman–Crippen MR) is 75.7 cm³/mol. The first-order valence-electron chi connectivity index (χ1n) is 6.22. The third-order valence-corrected chi connectivity index (χ3v) is 3.73. The summed E-state index contributed by atoms with van der Waals surface area (Å²) in [6.45, 7) is 5.96. The highest BCUT2D eigenvalue weighted by Gasteiger charge is 2.24. The average molecular weight is 275 g/mol. The molecule has 5 heteroatoms. The molecule has 3 unspecified atom stereocenters. The topological polar surface area (TPSA) is 69.4 Å². The molecule has 0 saturated heterocycles. The third-order valence-electron chi connectivity index (χ3n) is 2.92. The van der Waals surface area contributed by atoms with Gasteiger partial charge in [-0.25, -0.2) is 0 Å². The Morgan fingerprint density at radius 3 is 2.50 bits per heavy atom. The van der Waals surface area contributed by atoms with E-state index in [0.29, 0.717) is 5.75 Å². The van der Waals surface area contributed by atoms with Crippen molar-refractivity contribution in [1.29, 1.82) is 0 Å². The summed E-state index contributed by atoms with van der Waals surface area (Å²) in [5.41, 5.74) is 6.83. The number of rotatable bonds is 9. The van der Waals surface area contributed by atoms with Gasteiger partial charge >= 0.3 is 5.97 Å². The first-order valence-corrected chi connectivity index (χ1v) is 7.95. The number of esters is 1. The molecule has 0 spiro atoms. The summed E-state index contributed by atoms with van der Waals surface area (Å²) in [5.74, 6) is 0.259. The maximum atomic E-state index is 11.4. The Hall–Kier alpha value is -0.680. The Bertz CT molecular complexity index is 305. The number of ether oxygens (including phenoxy) is 1. The van der Waals surface area contributed by atoms with Crippen LogP contribution in [0.15, 0.2) is 12.2 Å². The Morgan fingerprint density at radius 2 is 2.06 bits per heavy atom.